The number of ether oxygens (including phenoxy) is 3. The van der Waals surface area contributed by atoms with Crippen molar-refractivity contribution in [1.82, 2.24) is 0 Å². The molecular formula is C21H20O5. The van der Waals surface area contributed by atoms with E-state index in [0.717, 1.165) is 16.5 Å². The fraction of sp³-hybridized carbons (Fsp3) is 0.190. The number of furan rings is 1. The molecule has 134 valence electrons. The number of aryl methyl sites for hydroxylation is 1. The summed E-state index contributed by atoms with van der Waals surface area (Å²) in [5, 5.41) is 0.942. The van der Waals surface area contributed by atoms with Crippen molar-refractivity contribution < 1.29 is 23.4 Å². The molecule has 5 nitrogen and oxygen atoms in total. The summed E-state index contributed by atoms with van der Waals surface area (Å²) in [4.78, 5) is 12.6. The minimum absolute atomic E-state index is 0.201. The summed E-state index contributed by atoms with van der Waals surface area (Å²) in [6.07, 6.45) is 3.17. The maximum absolute atomic E-state index is 12.6. The van der Waals surface area contributed by atoms with Gasteiger partial charge in [-0.25, -0.2) is 0 Å². The maximum atomic E-state index is 12.6. The third kappa shape index (κ3) is 3.16. The molecule has 2 aromatic carbocycles. The molecule has 0 radical (unpaired) electrons. The number of para-hydroxylation sites is 1. The van der Waals surface area contributed by atoms with Gasteiger partial charge in [-0.1, -0.05) is 24.3 Å². The van der Waals surface area contributed by atoms with Gasteiger partial charge in [-0.05, 0) is 36.8 Å². The van der Waals surface area contributed by atoms with Crippen molar-refractivity contribution in [2.75, 3.05) is 21.3 Å². The third-order valence-electron chi connectivity index (χ3n) is 4.18. The van der Waals surface area contributed by atoms with Gasteiger partial charge in [-0.3, -0.25) is 4.79 Å². The molecule has 0 aliphatic carbocycles. The van der Waals surface area contributed by atoms with E-state index in [9.17, 15) is 4.79 Å². The maximum Gasteiger partial charge on any atom is 0.221 e. The van der Waals surface area contributed by atoms with Gasteiger partial charge in [-0.2, -0.15) is 0 Å². The summed E-state index contributed by atoms with van der Waals surface area (Å²) in [6, 6.07) is 11.1. The number of methoxy groups -OCH3 is 3. The first-order valence-electron chi connectivity index (χ1n) is 8.09. The van der Waals surface area contributed by atoms with Gasteiger partial charge >= 0.3 is 0 Å². The molecule has 0 bridgehead atoms. The van der Waals surface area contributed by atoms with Crippen LogP contribution in [0.4, 0.5) is 0 Å². The van der Waals surface area contributed by atoms with E-state index in [1.165, 1.54) is 6.08 Å². The predicted molar refractivity (Wildman–Crippen MR) is 100 cm³/mol. The Morgan fingerprint density at radius 3 is 2.23 bits per heavy atom. The van der Waals surface area contributed by atoms with E-state index >= 15 is 0 Å². The molecule has 3 aromatic rings. The molecule has 0 spiro atoms. The molecule has 1 aromatic heterocycles. The van der Waals surface area contributed by atoms with E-state index in [-0.39, 0.29) is 5.78 Å². The van der Waals surface area contributed by atoms with E-state index in [1.807, 2.05) is 31.2 Å². The van der Waals surface area contributed by atoms with Crippen LogP contribution in [-0.4, -0.2) is 27.1 Å². The zero-order valence-electron chi connectivity index (χ0n) is 15.2. The Kier molecular flexibility index (Phi) is 4.98. The first kappa shape index (κ1) is 17.6. The number of hydrogen-bond acceptors (Lipinski definition) is 5. The lowest BCUT2D eigenvalue weighted by Gasteiger charge is -2.12. The standard InChI is InChI=1S/C21H20O5/c1-13-15-7-5-6-8-17(15)26-20(13)16(22)10-9-14-11-18(23-2)21(25-4)19(12-14)24-3/h5-12H,1-4H3/b10-9+. The first-order chi connectivity index (χ1) is 12.6. The number of hydrogen-bond donors (Lipinski definition) is 0. The molecule has 0 aliphatic heterocycles. The lowest BCUT2D eigenvalue weighted by Crippen LogP contribution is -1.96. The molecule has 0 atom stereocenters. The third-order valence-corrected chi connectivity index (χ3v) is 4.18. The van der Waals surface area contributed by atoms with E-state index in [1.54, 1.807) is 39.5 Å². The molecule has 1 heterocycles. The zero-order chi connectivity index (χ0) is 18.7. The average molecular weight is 352 g/mol. The van der Waals surface area contributed by atoms with Gasteiger partial charge in [0.25, 0.3) is 0 Å². The first-order valence-corrected chi connectivity index (χ1v) is 8.09. The number of benzene rings is 2. The van der Waals surface area contributed by atoms with Crippen LogP contribution in [0.15, 0.2) is 46.9 Å². The van der Waals surface area contributed by atoms with Crippen LogP contribution in [0, 0.1) is 6.92 Å². The monoisotopic (exact) mass is 352 g/mol. The average Bonchev–Trinajstić information content (AvgIpc) is 3.02. The van der Waals surface area contributed by atoms with Gasteiger partial charge in [0.2, 0.25) is 11.5 Å². The van der Waals surface area contributed by atoms with Crippen molar-refractivity contribution in [2.24, 2.45) is 0 Å². The van der Waals surface area contributed by atoms with Gasteiger partial charge in [0.1, 0.15) is 5.58 Å². The Labute approximate surface area is 151 Å². The van der Waals surface area contributed by atoms with Gasteiger partial charge in [0.05, 0.1) is 21.3 Å². The molecule has 5 heteroatoms. The van der Waals surface area contributed by atoms with Crippen LogP contribution in [-0.2, 0) is 0 Å². The molecule has 0 saturated heterocycles. The second-order valence-corrected chi connectivity index (χ2v) is 5.71. The lowest BCUT2D eigenvalue weighted by molar-refractivity contribution is 0.102. The highest BCUT2D eigenvalue weighted by molar-refractivity contribution is 6.08. The van der Waals surface area contributed by atoms with E-state index in [2.05, 4.69) is 0 Å². The fourth-order valence-corrected chi connectivity index (χ4v) is 2.85. The van der Waals surface area contributed by atoms with Crippen LogP contribution in [0.25, 0.3) is 17.0 Å². The highest BCUT2D eigenvalue weighted by Gasteiger charge is 2.16. The number of allylic oxidation sites excluding steroid dienone is 1. The summed E-state index contributed by atoms with van der Waals surface area (Å²) in [5.74, 6) is 1.70. The van der Waals surface area contributed by atoms with Crippen molar-refractivity contribution in [3.63, 3.8) is 0 Å². The number of rotatable bonds is 6. The normalized spacial score (nSPS) is 11.1. The van der Waals surface area contributed by atoms with E-state index < -0.39 is 0 Å². The second kappa shape index (κ2) is 7.35. The highest BCUT2D eigenvalue weighted by atomic mass is 16.5. The van der Waals surface area contributed by atoms with Crippen molar-refractivity contribution >= 4 is 22.8 Å². The summed E-state index contributed by atoms with van der Waals surface area (Å²) >= 11 is 0. The summed E-state index contributed by atoms with van der Waals surface area (Å²) in [5.41, 5.74) is 2.29. The molecule has 0 saturated carbocycles. The van der Waals surface area contributed by atoms with Gasteiger partial charge < -0.3 is 18.6 Å². The SMILES string of the molecule is COc1cc(/C=C/C(=O)c2oc3ccccc3c2C)cc(OC)c1OC. The summed E-state index contributed by atoms with van der Waals surface area (Å²) in [6.45, 7) is 1.88. The van der Waals surface area contributed by atoms with Crippen molar-refractivity contribution in [3.05, 3.63) is 59.4 Å². The van der Waals surface area contributed by atoms with Crippen LogP contribution >= 0.6 is 0 Å². The van der Waals surface area contributed by atoms with E-state index in [4.69, 9.17) is 18.6 Å². The van der Waals surface area contributed by atoms with Crippen molar-refractivity contribution in [1.29, 1.82) is 0 Å². The van der Waals surface area contributed by atoms with Crippen LogP contribution in [0.1, 0.15) is 21.7 Å². The molecular weight excluding hydrogens is 332 g/mol. The number of ketones is 1. The van der Waals surface area contributed by atoms with Crippen LogP contribution in [0.3, 0.4) is 0 Å². The minimum atomic E-state index is -0.201. The summed E-state index contributed by atoms with van der Waals surface area (Å²) in [7, 11) is 4.64. The van der Waals surface area contributed by atoms with Crippen molar-refractivity contribution in [2.45, 2.75) is 6.92 Å². The van der Waals surface area contributed by atoms with Gasteiger partial charge in [0.15, 0.2) is 17.3 Å². The molecule has 0 amide bonds. The number of carbonyl (C=O) groups excluding carboxylic acids is 1. The zero-order valence-corrected chi connectivity index (χ0v) is 15.2. The predicted octanol–water partition coefficient (Wildman–Crippen LogP) is 4.66. The Balaban J connectivity index is 1.93. The second-order valence-electron chi connectivity index (χ2n) is 5.71. The largest absolute Gasteiger partial charge is 0.493 e. The lowest BCUT2D eigenvalue weighted by atomic mass is 10.1. The van der Waals surface area contributed by atoms with Crippen molar-refractivity contribution in [3.8, 4) is 17.2 Å². The Bertz CT molecular complexity index is 956. The Hall–Kier alpha value is -3.21. The smallest absolute Gasteiger partial charge is 0.221 e. The minimum Gasteiger partial charge on any atom is -0.493 e. The molecule has 0 aliphatic rings. The Morgan fingerprint density at radius 1 is 1.00 bits per heavy atom. The Morgan fingerprint density at radius 2 is 1.65 bits per heavy atom. The number of carbonyl (C=O) groups is 1. The molecule has 0 N–H and O–H groups in total. The van der Waals surface area contributed by atoms with Crippen LogP contribution in [0.5, 0.6) is 17.2 Å². The highest BCUT2D eigenvalue weighted by Crippen LogP contribution is 2.38. The molecule has 0 fully saturated rings. The van der Waals surface area contributed by atoms with E-state index in [0.29, 0.717) is 28.6 Å². The molecule has 3 rings (SSSR count). The van der Waals surface area contributed by atoms with Crippen LogP contribution in [0.2, 0.25) is 0 Å². The number of fused-ring (bicyclic) bond motifs is 1. The van der Waals surface area contributed by atoms with Crippen LogP contribution < -0.4 is 14.2 Å². The summed E-state index contributed by atoms with van der Waals surface area (Å²) < 4.78 is 21.7. The fourth-order valence-electron chi connectivity index (χ4n) is 2.85. The molecule has 26 heavy (non-hydrogen) atoms. The van der Waals surface area contributed by atoms with Gasteiger partial charge in [-0.15, -0.1) is 0 Å². The topological polar surface area (TPSA) is 57.9 Å². The quantitative estimate of drug-likeness (QED) is 0.477. The van der Waals surface area contributed by atoms with Gasteiger partial charge in [0, 0.05) is 10.9 Å². The molecule has 0 unspecified atom stereocenters.